The molecular weight excluding hydrogens is 358 g/mol. The molecule has 8 nitrogen and oxygen atoms in total. The van der Waals surface area contributed by atoms with Gasteiger partial charge in [0, 0.05) is 51.4 Å². The molecule has 0 saturated carbocycles. The maximum absolute atomic E-state index is 12.9. The zero-order valence-corrected chi connectivity index (χ0v) is 16.5. The smallest absolute Gasteiger partial charge is 0.272 e. The molecule has 1 unspecified atom stereocenters. The van der Waals surface area contributed by atoms with Crippen LogP contribution in [0.15, 0.2) is 16.8 Å². The van der Waals surface area contributed by atoms with Crippen molar-refractivity contribution >= 4 is 5.91 Å². The second kappa shape index (κ2) is 8.86. The van der Waals surface area contributed by atoms with E-state index in [1.54, 1.807) is 10.9 Å². The Morgan fingerprint density at radius 3 is 2.96 bits per heavy atom. The van der Waals surface area contributed by atoms with Crippen molar-refractivity contribution in [3.63, 3.8) is 0 Å². The molecule has 2 aliphatic heterocycles. The monoisotopic (exact) mass is 387 g/mol. The third kappa shape index (κ3) is 4.27. The lowest BCUT2D eigenvalue weighted by atomic mass is 9.93. The fourth-order valence-corrected chi connectivity index (χ4v) is 4.23. The van der Waals surface area contributed by atoms with Gasteiger partial charge >= 0.3 is 0 Å². The van der Waals surface area contributed by atoms with Crippen molar-refractivity contribution < 1.29 is 14.1 Å². The van der Waals surface area contributed by atoms with Crippen molar-refractivity contribution in [2.45, 2.75) is 57.9 Å². The van der Waals surface area contributed by atoms with Gasteiger partial charge in [0.1, 0.15) is 5.69 Å². The van der Waals surface area contributed by atoms with Crippen LogP contribution in [-0.4, -0.2) is 57.0 Å². The van der Waals surface area contributed by atoms with E-state index in [1.807, 2.05) is 17.9 Å². The molecule has 0 spiro atoms. The standard InChI is InChI=1S/C20H29N5O3/c1-2-25-17(7-10-21-25)20(26)24-11-3-4-15(14-24)5-6-18-22-19(28-23-18)16-8-12-27-13-9-16/h7,10,15-16H,2-6,8-9,11-14H2,1H3. The van der Waals surface area contributed by atoms with Crippen LogP contribution in [0.1, 0.15) is 67.1 Å². The van der Waals surface area contributed by atoms with Gasteiger partial charge in [-0.25, -0.2) is 0 Å². The lowest BCUT2D eigenvalue weighted by Gasteiger charge is -2.32. The van der Waals surface area contributed by atoms with E-state index in [1.165, 1.54) is 0 Å². The summed E-state index contributed by atoms with van der Waals surface area (Å²) in [7, 11) is 0. The number of piperidine rings is 1. The Balaban J connectivity index is 1.30. The SMILES string of the molecule is CCn1nccc1C(=O)N1CCCC(CCc2noc(C3CCOCC3)n2)C1. The van der Waals surface area contributed by atoms with Crippen molar-refractivity contribution in [3.8, 4) is 0 Å². The van der Waals surface area contributed by atoms with Crippen LogP contribution in [0.3, 0.4) is 0 Å². The van der Waals surface area contributed by atoms with E-state index in [0.29, 0.717) is 24.1 Å². The highest BCUT2D eigenvalue weighted by Crippen LogP contribution is 2.26. The average Bonchev–Trinajstić information content (AvgIpc) is 3.42. The van der Waals surface area contributed by atoms with Gasteiger partial charge in [-0.3, -0.25) is 9.48 Å². The van der Waals surface area contributed by atoms with Crippen LogP contribution in [0.2, 0.25) is 0 Å². The van der Waals surface area contributed by atoms with Gasteiger partial charge < -0.3 is 14.2 Å². The summed E-state index contributed by atoms with van der Waals surface area (Å²) in [6.07, 6.45) is 7.56. The van der Waals surface area contributed by atoms with Crippen molar-refractivity contribution in [2.75, 3.05) is 26.3 Å². The quantitative estimate of drug-likeness (QED) is 0.757. The highest BCUT2D eigenvalue weighted by molar-refractivity contribution is 5.92. The summed E-state index contributed by atoms with van der Waals surface area (Å²) >= 11 is 0. The molecule has 2 fully saturated rings. The van der Waals surface area contributed by atoms with E-state index in [9.17, 15) is 4.79 Å². The van der Waals surface area contributed by atoms with Crippen LogP contribution in [0.5, 0.6) is 0 Å². The molecule has 1 atom stereocenters. The molecule has 0 radical (unpaired) electrons. The first-order valence-corrected chi connectivity index (χ1v) is 10.5. The van der Waals surface area contributed by atoms with E-state index in [4.69, 9.17) is 9.26 Å². The second-order valence-electron chi connectivity index (χ2n) is 7.77. The highest BCUT2D eigenvalue weighted by Gasteiger charge is 2.27. The van der Waals surface area contributed by atoms with Crippen LogP contribution in [-0.2, 0) is 17.7 Å². The Hall–Kier alpha value is -2.22. The average molecular weight is 387 g/mol. The summed E-state index contributed by atoms with van der Waals surface area (Å²) in [6, 6.07) is 1.81. The number of nitrogens with zero attached hydrogens (tertiary/aromatic N) is 5. The van der Waals surface area contributed by atoms with Gasteiger partial charge in [0.15, 0.2) is 5.82 Å². The molecule has 2 aromatic rings. The molecule has 4 heterocycles. The van der Waals surface area contributed by atoms with Crippen LogP contribution in [0.25, 0.3) is 0 Å². The molecule has 28 heavy (non-hydrogen) atoms. The number of aromatic nitrogens is 4. The Kier molecular flexibility index (Phi) is 6.04. The summed E-state index contributed by atoms with van der Waals surface area (Å²) in [5, 5.41) is 8.39. The van der Waals surface area contributed by atoms with E-state index < -0.39 is 0 Å². The van der Waals surface area contributed by atoms with Gasteiger partial charge in [-0.2, -0.15) is 10.1 Å². The van der Waals surface area contributed by atoms with Crippen molar-refractivity contribution in [1.82, 2.24) is 24.8 Å². The fourth-order valence-electron chi connectivity index (χ4n) is 4.23. The normalized spacial score (nSPS) is 21.2. The summed E-state index contributed by atoms with van der Waals surface area (Å²) in [6.45, 7) is 5.86. The Morgan fingerprint density at radius 2 is 2.14 bits per heavy atom. The number of likely N-dealkylation sites (tertiary alicyclic amines) is 1. The number of amides is 1. The Bertz CT molecular complexity index is 780. The van der Waals surface area contributed by atoms with Gasteiger partial charge in [0.25, 0.3) is 5.91 Å². The Morgan fingerprint density at radius 1 is 1.29 bits per heavy atom. The largest absolute Gasteiger partial charge is 0.381 e. The minimum Gasteiger partial charge on any atom is -0.381 e. The maximum Gasteiger partial charge on any atom is 0.272 e. The van der Waals surface area contributed by atoms with E-state index in [2.05, 4.69) is 15.2 Å². The molecule has 0 N–H and O–H groups in total. The molecule has 2 saturated heterocycles. The van der Waals surface area contributed by atoms with E-state index in [-0.39, 0.29) is 5.91 Å². The number of carbonyl (C=O) groups excluding carboxylic acids is 1. The summed E-state index contributed by atoms with van der Waals surface area (Å²) in [5.41, 5.74) is 0.683. The molecule has 152 valence electrons. The van der Waals surface area contributed by atoms with Crippen LogP contribution in [0.4, 0.5) is 0 Å². The van der Waals surface area contributed by atoms with Crippen LogP contribution >= 0.6 is 0 Å². The zero-order chi connectivity index (χ0) is 19.3. The predicted molar refractivity (Wildman–Crippen MR) is 102 cm³/mol. The van der Waals surface area contributed by atoms with Crippen LogP contribution < -0.4 is 0 Å². The molecule has 1 amide bonds. The van der Waals surface area contributed by atoms with Gasteiger partial charge in [0.2, 0.25) is 5.89 Å². The van der Waals surface area contributed by atoms with E-state index in [0.717, 1.165) is 76.5 Å². The van der Waals surface area contributed by atoms with Crippen molar-refractivity contribution in [3.05, 3.63) is 29.7 Å². The first-order valence-electron chi connectivity index (χ1n) is 10.5. The van der Waals surface area contributed by atoms with Gasteiger partial charge in [-0.05, 0) is 51.0 Å². The van der Waals surface area contributed by atoms with Gasteiger partial charge in [0.05, 0.1) is 0 Å². The maximum atomic E-state index is 12.9. The number of carbonyl (C=O) groups is 1. The van der Waals surface area contributed by atoms with Crippen LogP contribution in [0, 0.1) is 5.92 Å². The number of hydrogen-bond donors (Lipinski definition) is 0. The fraction of sp³-hybridized carbons (Fsp3) is 0.700. The first-order chi connectivity index (χ1) is 13.7. The van der Waals surface area contributed by atoms with Gasteiger partial charge in [-0.15, -0.1) is 0 Å². The molecular formula is C20H29N5O3. The first kappa shape index (κ1) is 19.1. The molecule has 0 aliphatic carbocycles. The summed E-state index contributed by atoms with van der Waals surface area (Å²) in [4.78, 5) is 19.4. The highest BCUT2D eigenvalue weighted by atomic mass is 16.5. The number of aryl methyl sites for hydroxylation is 2. The number of rotatable bonds is 6. The molecule has 2 aromatic heterocycles. The van der Waals surface area contributed by atoms with Crippen molar-refractivity contribution in [2.24, 2.45) is 5.92 Å². The predicted octanol–water partition coefficient (Wildman–Crippen LogP) is 2.67. The topological polar surface area (TPSA) is 86.3 Å². The molecule has 0 bridgehead atoms. The van der Waals surface area contributed by atoms with Crippen molar-refractivity contribution in [1.29, 1.82) is 0 Å². The second-order valence-corrected chi connectivity index (χ2v) is 7.77. The van der Waals surface area contributed by atoms with E-state index >= 15 is 0 Å². The lowest BCUT2D eigenvalue weighted by molar-refractivity contribution is 0.0655. The third-order valence-electron chi connectivity index (χ3n) is 5.87. The Labute approximate surface area is 165 Å². The minimum atomic E-state index is 0.0883. The summed E-state index contributed by atoms with van der Waals surface area (Å²) in [5.74, 6) is 2.44. The molecule has 2 aliphatic rings. The zero-order valence-electron chi connectivity index (χ0n) is 16.5. The lowest BCUT2D eigenvalue weighted by Crippen LogP contribution is -2.40. The molecule has 0 aromatic carbocycles. The third-order valence-corrected chi connectivity index (χ3v) is 5.87. The minimum absolute atomic E-state index is 0.0883. The number of hydrogen-bond acceptors (Lipinski definition) is 6. The van der Waals surface area contributed by atoms with Gasteiger partial charge in [-0.1, -0.05) is 5.16 Å². The number of ether oxygens (including phenoxy) is 1. The molecule has 8 heteroatoms. The molecule has 4 rings (SSSR count). The summed E-state index contributed by atoms with van der Waals surface area (Å²) < 4.78 is 12.7.